The molecule has 2 aliphatic rings. The molecule has 40 heavy (non-hydrogen) atoms. The van der Waals surface area contributed by atoms with Gasteiger partial charge >= 0.3 is 0 Å². The van der Waals surface area contributed by atoms with E-state index >= 15 is 0 Å². The molecule has 11 nitrogen and oxygen atoms in total. The first-order valence-electron chi connectivity index (χ1n) is 13.5. The molecule has 0 amide bonds. The number of ether oxygens (including phenoxy) is 1. The molecule has 11 heteroatoms. The van der Waals surface area contributed by atoms with Gasteiger partial charge in [0.1, 0.15) is 18.0 Å². The average Bonchev–Trinajstić information content (AvgIpc) is 3.39. The van der Waals surface area contributed by atoms with Gasteiger partial charge in [0.15, 0.2) is 5.84 Å². The van der Waals surface area contributed by atoms with E-state index in [-0.39, 0.29) is 17.7 Å². The number of hydrogen-bond acceptors (Lipinski definition) is 10. The summed E-state index contributed by atoms with van der Waals surface area (Å²) in [6.07, 6.45) is 1.81. The quantitative estimate of drug-likeness (QED) is 0.339. The summed E-state index contributed by atoms with van der Waals surface area (Å²) in [5, 5.41) is 9.26. The van der Waals surface area contributed by atoms with Gasteiger partial charge in [0, 0.05) is 60.3 Å². The SMILES string of the molecule is Cc1nc(C2=NCNN2C)ccc1-c1cc2cnc(Nc3ccc(C4CNCCO4)cc3)nc2n(C(C)C)c1=O. The maximum absolute atomic E-state index is 13.8. The Hall–Kier alpha value is -4.19. The molecule has 3 aromatic heterocycles. The summed E-state index contributed by atoms with van der Waals surface area (Å²) in [6, 6.07) is 13.7. The van der Waals surface area contributed by atoms with Crippen molar-refractivity contribution in [3.63, 3.8) is 0 Å². The van der Waals surface area contributed by atoms with Crippen LogP contribution in [0, 0.1) is 6.92 Å². The summed E-state index contributed by atoms with van der Waals surface area (Å²) in [4.78, 5) is 32.4. The van der Waals surface area contributed by atoms with E-state index in [1.54, 1.807) is 10.8 Å². The Labute approximate surface area is 232 Å². The van der Waals surface area contributed by atoms with E-state index < -0.39 is 0 Å². The van der Waals surface area contributed by atoms with Crippen molar-refractivity contribution in [2.24, 2.45) is 4.99 Å². The Morgan fingerprint density at radius 3 is 2.60 bits per heavy atom. The zero-order valence-electron chi connectivity index (χ0n) is 23.1. The maximum atomic E-state index is 13.8. The zero-order valence-corrected chi connectivity index (χ0v) is 23.1. The fourth-order valence-corrected chi connectivity index (χ4v) is 5.16. The molecular formula is C29H33N9O2. The lowest BCUT2D eigenvalue weighted by molar-refractivity contribution is 0.0277. The Morgan fingerprint density at radius 1 is 1.10 bits per heavy atom. The van der Waals surface area contributed by atoms with Gasteiger partial charge in [0.05, 0.1) is 12.7 Å². The highest BCUT2D eigenvalue weighted by Gasteiger charge is 2.20. The predicted octanol–water partition coefficient (Wildman–Crippen LogP) is 3.30. The molecule has 5 heterocycles. The van der Waals surface area contributed by atoms with Gasteiger partial charge in [-0.15, -0.1) is 0 Å². The van der Waals surface area contributed by atoms with Crippen LogP contribution in [-0.2, 0) is 4.74 Å². The van der Waals surface area contributed by atoms with Gasteiger partial charge in [0.2, 0.25) is 5.95 Å². The molecule has 206 valence electrons. The summed E-state index contributed by atoms with van der Waals surface area (Å²) >= 11 is 0. The van der Waals surface area contributed by atoms with Gasteiger partial charge in [-0.2, -0.15) is 4.98 Å². The first-order chi connectivity index (χ1) is 19.4. The average molecular weight is 540 g/mol. The van der Waals surface area contributed by atoms with Crippen LogP contribution in [0.15, 0.2) is 58.4 Å². The topological polar surface area (TPSA) is 122 Å². The number of hydrogen-bond donors (Lipinski definition) is 3. The molecule has 3 N–H and O–H groups in total. The van der Waals surface area contributed by atoms with Crippen LogP contribution in [0.2, 0.25) is 0 Å². The predicted molar refractivity (Wildman–Crippen MR) is 156 cm³/mol. The molecule has 6 rings (SSSR count). The first kappa shape index (κ1) is 26.1. The summed E-state index contributed by atoms with van der Waals surface area (Å²) in [6.45, 7) is 8.80. The molecule has 1 saturated heterocycles. The molecule has 4 aromatic rings. The van der Waals surface area contributed by atoms with E-state index in [2.05, 4.69) is 26.0 Å². The van der Waals surface area contributed by atoms with Crippen molar-refractivity contribution in [3.8, 4) is 11.1 Å². The molecule has 0 radical (unpaired) electrons. The minimum absolute atomic E-state index is 0.0549. The molecule has 1 unspecified atom stereocenters. The third kappa shape index (κ3) is 4.94. The Balaban J connectivity index is 1.32. The second-order valence-electron chi connectivity index (χ2n) is 10.3. The number of hydrazine groups is 1. The Bertz CT molecular complexity index is 1640. The minimum atomic E-state index is -0.118. The van der Waals surface area contributed by atoms with E-state index in [4.69, 9.17) is 14.7 Å². The number of anilines is 2. The second kappa shape index (κ2) is 10.8. The lowest BCUT2D eigenvalue weighted by atomic mass is 10.0. The highest BCUT2D eigenvalue weighted by Crippen LogP contribution is 2.26. The minimum Gasteiger partial charge on any atom is -0.371 e. The van der Waals surface area contributed by atoms with E-state index in [0.29, 0.717) is 30.4 Å². The maximum Gasteiger partial charge on any atom is 0.260 e. The van der Waals surface area contributed by atoms with Crippen LogP contribution < -0.4 is 21.6 Å². The van der Waals surface area contributed by atoms with Gasteiger partial charge < -0.3 is 15.4 Å². The molecule has 0 aliphatic carbocycles. The number of aryl methyl sites for hydroxylation is 1. The zero-order chi connectivity index (χ0) is 27.8. The number of nitrogens with one attached hydrogen (secondary N) is 3. The van der Waals surface area contributed by atoms with E-state index in [1.165, 1.54) is 0 Å². The van der Waals surface area contributed by atoms with Crippen molar-refractivity contribution >= 4 is 28.5 Å². The largest absolute Gasteiger partial charge is 0.371 e. The molecule has 1 aromatic carbocycles. The highest BCUT2D eigenvalue weighted by atomic mass is 16.5. The van der Waals surface area contributed by atoms with Crippen molar-refractivity contribution < 1.29 is 4.74 Å². The van der Waals surface area contributed by atoms with Crippen molar-refractivity contribution in [1.82, 2.24) is 35.3 Å². The van der Waals surface area contributed by atoms with E-state index in [0.717, 1.165) is 52.5 Å². The van der Waals surface area contributed by atoms with Crippen molar-refractivity contribution in [2.45, 2.75) is 32.9 Å². The molecule has 1 fully saturated rings. The van der Waals surface area contributed by atoms with E-state index in [9.17, 15) is 4.79 Å². The molecule has 1 atom stereocenters. The van der Waals surface area contributed by atoms with Gasteiger partial charge in [0.25, 0.3) is 5.56 Å². The van der Waals surface area contributed by atoms with Crippen molar-refractivity contribution in [2.75, 3.05) is 38.7 Å². The van der Waals surface area contributed by atoms with Crippen LogP contribution in [0.1, 0.15) is 42.9 Å². The Morgan fingerprint density at radius 2 is 1.93 bits per heavy atom. The number of amidine groups is 1. The highest BCUT2D eigenvalue weighted by molar-refractivity contribution is 5.98. The molecule has 2 aliphatic heterocycles. The molecule has 0 saturated carbocycles. The summed E-state index contributed by atoms with van der Waals surface area (Å²) < 4.78 is 7.57. The van der Waals surface area contributed by atoms with Crippen LogP contribution in [0.25, 0.3) is 22.2 Å². The third-order valence-corrected chi connectivity index (χ3v) is 7.22. The standard InChI is InChI=1S/C29H33N9O2/c1-17(2)38-26-20(13-23(28(38)39)22-9-10-24(34-18(22)3)27-32-16-33-37(27)4)14-31-29(36-26)35-21-7-5-19(6-8-21)25-15-30-11-12-40-25/h5-10,13-14,17,25,30,33H,11-12,15-16H2,1-4H3,(H,31,35,36). The first-order valence-corrected chi connectivity index (χ1v) is 13.5. The van der Waals surface area contributed by atoms with Crippen LogP contribution in [0.5, 0.6) is 0 Å². The lowest BCUT2D eigenvalue weighted by Gasteiger charge is -2.24. The van der Waals surface area contributed by atoms with Gasteiger partial charge in [-0.1, -0.05) is 18.2 Å². The van der Waals surface area contributed by atoms with Crippen molar-refractivity contribution in [3.05, 3.63) is 76.0 Å². The number of benzene rings is 1. The number of morpholine rings is 1. The second-order valence-corrected chi connectivity index (χ2v) is 10.3. The number of nitrogens with zero attached hydrogens (tertiary/aromatic N) is 6. The summed E-state index contributed by atoms with van der Waals surface area (Å²) in [7, 11) is 1.91. The van der Waals surface area contributed by atoms with Crippen molar-refractivity contribution in [1.29, 1.82) is 0 Å². The summed E-state index contributed by atoms with van der Waals surface area (Å²) in [5.41, 5.74) is 8.42. The summed E-state index contributed by atoms with van der Waals surface area (Å²) in [5.74, 6) is 1.20. The fraction of sp³-hybridized carbons (Fsp3) is 0.345. The number of rotatable bonds is 6. The normalized spacial score (nSPS) is 17.5. The van der Waals surface area contributed by atoms with Crippen LogP contribution >= 0.6 is 0 Å². The monoisotopic (exact) mass is 539 g/mol. The number of aliphatic imine (C=N–C) groups is 1. The Kier molecular flexibility index (Phi) is 7.01. The van der Waals surface area contributed by atoms with Crippen LogP contribution in [0.3, 0.4) is 0 Å². The van der Waals surface area contributed by atoms with Gasteiger partial charge in [-0.3, -0.25) is 14.4 Å². The lowest BCUT2D eigenvalue weighted by Crippen LogP contribution is -2.33. The molecular weight excluding hydrogens is 506 g/mol. The van der Waals surface area contributed by atoms with Crippen LogP contribution in [0.4, 0.5) is 11.6 Å². The van der Waals surface area contributed by atoms with Crippen LogP contribution in [-0.4, -0.2) is 63.8 Å². The molecule has 0 spiro atoms. The smallest absolute Gasteiger partial charge is 0.260 e. The van der Waals surface area contributed by atoms with E-state index in [1.807, 2.05) is 75.3 Å². The van der Waals surface area contributed by atoms with Gasteiger partial charge in [-0.25, -0.2) is 20.4 Å². The molecule has 0 bridgehead atoms. The number of fused-ring (bicyclic) bond motifs is 1. The number of pyridine rings is 2. The third-order valence-electron chi connectivity index (χ3n) is 7.22. The van der Waals surface area contributed by atoms with Gasteiger partial charge in [-0.05, 0) is 50.6 Å². The fourth-order valence-electron chi connectivity index (χ4n) is 5.16. The number of aromatic nitrogens is 4.